The molecule has 1 rings (SSSR count). The van der Waals surface area contributed by atoms with Gasteiger partial charge in [0.15, 0.2) is 5.54 Å². The largest absolute Gasteiger partial charge is 0.480 e. The molecule has 1 atom stereocenters. The monoisotopic (exact) mass is 143 g/mol. The third-order valence-electron chi connectivity index (χ3n) is 1.60. The Morgan fingerprint density at radius 2 is 2.60 bits per heavy atom. The first-order valence-corrected chi connectivity index (χ1v) is 3.05. The molecule has 0 saturated heterocycles. The summed E-state index contributed by atoms with van der Waals surface area (Å²) in [6, 6.07) is 0. The van der Waals surface area contributed by atoms with E-state index in [9.17, 15) is 4.79 Å². The minimum atomic E-state index is -1.00. The van der Waals surface area contributed by atoms with Crippen LogP contribution in [0, 0.1) is 0 Å². The standard InChI is InChI=1S/C6H9NO3/c1-2-6(5(8)9)3-4-10-7-6/h3-4,7H,2H2,1H3,(H,8,9). The number of carboxylic acid groups (broad SMARTS) is 1. The Labute approximate surface area is 58.4 Å². The zero-order valence-electron chi connectivity index (χ0n) is 5.63. The Morgan fingerprint density at radius 3 is 2.80 bits per heavy atom. The maximum Gasteiger partial charge on any atom is 0.331 e. The van der Waals surface area contributed by atoms with Gasteiger partial charge in [0.05, 0.1) is 0 Å². The summed E-state index contributed by atoms with van der Waals surface area (Å²) in [4.78, 5) is 15.2. The number of rotatable bonds is 2. The van der Waals surface area contributed by atoms with Crippen molar-refractivity contribution in [1.82, 2.24) is 5.48 Å². The van der Waals surface area contributed by atoms with Crippen molar-refractivity contribution in [3.8, 4) is 0 Å². The Hall–Kier alpha value is -1.03. The average molecular weight is 143 g/mol. The van der Waals surface area contributed by atoms with Crippen LogP contribution in [0.2, 0.25) is 0 Å². The summed E-state index contributed by atoms with van der Waals surface area (Å²) in [5, 5.41) is 8.67. The predicted octanol–water partition coefficient (Wildman–Crippen LogP) is 0.268. The van der Waals surface area contributed by atoms with E-state index < -0.39 is 11.5 Å². The van der Waals surface area contributed by atoms with Crippen LogP contribution >= 0.6 is 0 Å². The summed E-state index contributed by atoms with van der Waals surface area (Å²) in [5.41, 5.74) is 1.41. The molecule has 0 aromatic rings. The van der Waals surface area contributed by atoms with Crippen molar-refractivity contribution in [3.05, 3.63) is 12.3 Å². The minimum Gasteiger partial charge on any atom is -0.480 e. The van der Waals surface area contributed by atoms with Gasteiger partial charge in [0.25, 0.3) is 0 Å². The number of hydroxylamine groups is 1. The second-order valence-electron chi connectivity index (χ2n) is 2.15. The summed E-state index contributed by atoms with van der Waals surface area (Å²) >= 11 is 0. The van der Waals surface area contributed by atoms with E-state index in [0.717, 1.165) is 0 Å². The van der Waals surface area contributed by atoms with Crippen molar-refractivity contribution >= 4 is 5.97 Å². The summed E-state index contributed by atoms with van der Waals surface area (Å²) in [6.07, 6.45) is 3.31. The molecule has 0 bridgehead atoms. The molecule has 4 heteroatoms. The third-order valence-corrected chi connectivity index (χ3v) is 1.60. The summed E-state index contributed by atoms with van der Waals surface area (Å²) < 4.78 is 0. The van der Waals surface area contributed by atoms with Crippen LogP contribution in [-0.4, -0.2) is 16.6 Å². The van der Waals surface area contributed by atoms with Gasteiger partial charge in [0.2, 0.25) is 0 Å². The van der Waals surface area contributed by atoms with Crippen LogP contribution in [0.3, 0.4) is 0 Å². The number of carboxylic acids is 1. The van der Waals surface area contributed by atoms with Gasteiger partial charge < -0.3 is 9.94 Å². The first-order chi connectivity index (χ1) is 4.71. The fourth-order valence-electron chi connectivity index (χ4n) is 0.780. The first-order valence-electron chi connectivity index (χ1n) is 3.05. The average Bonchev–Trinajstić information content (AvgIpc) is 2.35. The van der Waals surface area contributed by atoms with Crippen LogP contribution in [0.4, 0.5) is 0 Å². The van der Waals surface area contributed by atoms with Crippen molar-refractivity contribution in [3.63, 3.8) is 0 Å². The van der Waals surface area contributed by atoms with Crippen LogP contribution < -0.4 is 5.48 Å². The summed E-state index contributed by atoms with van der Waals surface area (Å²) in [6.45, 7) is 1.78. The molecule has 0 spiro atoms. The molecule has 0 amide bonds. The molecule has 0 fully saturated rings. The Balaban J connectivity index is 2.78. The van der Waals surface area contributed by atoms with Gasteiger partial charge in [-0.1, -0.05) is 6.92 Å². The van der Waals surface area contributed by atoms with Crippen LogP contribution in [0.1, 0.15) is 13.3 Å². The lowest BCUT2D eigenvalue weighted by Gasteiger charge is -2.17. The predicted molar refractivity (Wildman–Crippen MR) is 34.0 cm³/mol. The molecule has 0 aromatic heterocycles. The second-order valence-corrected chi connectivity index (χ2v) is 2.15. The molecule has 4 nitrogen and oxygen atoms in total. The molecular weight excluding hydrogens is 134 g/mol. The lowest BCUT2D eigenvalue weighted by Crippen LogP contribution is -2.46. The van der Waals surface area contributed by atoms with Gasteiger partial charge in [0.1, 0.15) is 6.26 Å². The highest BCUT2D eigenvalue weighted by molar-refractivity contribution is 5.81. The second kappa shape index (κ2) is 2.30. The quantitative estimate of drug-likeness (QED) is 0.582. The van der Waals surface area contributed by atoms with Gasteiger partial charge >= 0.3 is 5.97 Å². The van der Waals surface area contributed by atoms with Gasteiger partial charge in [-0.05, 0) is 12.5 Å². The van der Waals surface area contributed by atoms with Gasteiger partial charge in [0, 0.05) is 0 Å². The lowest BCUT2D eigenvalue weighted by molar-refractivity contribution is -0.145. The Kier molecular flexibility index (Phi) is 1.63. The van der Waals surface area contributed by atoms with E-state index in [0.29, 0.717) is 6.42 Å². The number of nitrogens with one attached hydrogen (secondary N) is 1. The van der Waals surface area contributed by atoms with E-state index in [1.165, 1.54) is 12.3 Å². The van der Waals surface area contributed by atoms with Crippen LogP contribution in [-0.2, 0) is 9.63 Å². The molecule has 1 aliphatic heterocycles. The molecule has 0 aliphatic carbocycles. The SMILES string of the molecule is CCC1(C(=O)O)C=CON1. The summed E-state index contributed by atoms with van der Waals surface area (Å²) in [7, 11) is 0. The van der Waals surface area contributed by atoms with Gasteiger partial charge in [-0.15, -0.1) is 5.48 Å². The van der Waals surface area contributed by atoms with E-state index >= 15 is 0 Å². The van der Waals surface area contributed by atoms with Crippen molar-refractivity contribution in [1.29, 1.82) is 0 Å². The van der Waals surface area contributed by atoms with Crippen molar-refractivity contribution < 1.29 is 14.7 Å². The van der Waals surface area contributed by atoms with E-state index in [1.807, 2.05) is 0 Å². The molecule has 1 aliphatic rings. The molecule has 56 valence electrons. The molecule has 0 saturated carbocycles. The minimum absolute atomic E-state index is 0.471. The molecule has 1 unspecified atom stereocenters. The molecule has 10 heavy (non-hydrogen) atoms. The van der Waals surface area contributed by atoms with E-state index in [-0.39, 0.29) is 0 Å². The summed E-state index contributed by atoms with van der Waals surface area (Å²) in [5.74, 6) is -0.913. The highest BCUT2D eigenvalue weighted by Gasteiger charge is 2.37. The van der Waals surface area contributed by atoms with Gasteiger partial charge in [-0.2, -0.15) is 0 Å². The third kappa shape index (κ3) is 0.863. The Morgan fingerprint density at radius 1 is 1.90 bits per heavy atom. The van der Waals surface area contributed by atoms with Crippen LogP contribution in [0.25, 0.3) is 0 Å². The molecule has 2 N–H and O–H groups in total. The molecule has 1 heterocycles. The Bertz CT molecular complexity index is 178. The normalized spacial score (nSPS) is 30.1. The molecule has 0 radical (unpaired) electrons. The highest BCUT2D eigenvalue weighted by atomic mass is 16.6. The van der Waals surface area contributed by atoms with E-state index in [4.69, 9.17) is 5.11 Å². The van der Waals surface area contributed by atoms with Gasteiger partial charge in [-0.3, -0.25) is 0 Å². The van der Waals surface area contributed by atoms with Crippen molar-refractivity contribution in [2.75, 3.05) is 0 Å². The van der Waals surface area contributed by atoms with Crippen molar-refractivity contribution in [2.24, 2.45) is 0 Å². The van der Waals surface area contributed by atoms with Crippen LogP contribution in [0.15, 0.2) is 12.3 Å². The van der Waals surface area contributed by atoms with E-state index in [1.54, 1.807) is 6.92 Å². The number of hydrogen-bond acceptors (Lipinski definition) is 3. The first kappa shape index (κ1) is 7.08. The number of carbonyl (C=O) groups is 1. The fraction of sp³-hybridized carbons (Fsp3) is 0.500. The maximum atomic E-state index is 10.6. The van der Waals surface area contributed by atoms with Gasteiger partial charge in [-0.25, -0.2) is 4.79 Å². The fourth-order valence-corrected chi connectivity index (χ4v) is 0.780. The molecular formula is C6H9NO3. The smallest absolute Gasteiger partial charge is 0.331 e. The van der Waals surface area contributed by atoms with Crippen LogP contribution in [0.5, 0.6) is 0 Å². The number of hydrogen-bond donors (Lipinski definition) is 2. The zero-order valence-corrected chi connectivity index (χ0v) is 5.63. The number of aliphatic carboxylic acids is 1. The van der Waals surface area contributed by atoms with Crippen molar-refractivity contribution in [2.45, 2.75) is 18.9 Å². The lowest BCUT2D eigenvalue weighted by atomic mass is 9.99. The van der Waals surface area contributed by atoms with E-state index in [2.05, 4.69) is 10.3 Å². The zero-order chi connectivity index (χ0) is 7.61. The highest BCUT2D eigenvalue weighted by Crippen LogP contribution is 2.16. The topological polar surface area (TPSA) is 58.6 Å². The molecule has 0 aromatic carbocycles. The maximum absolute atomic E-state index is 10.6.